The topological polar surface area (TPSA) is 172 Å². The van der Waals surface area contributed by atoms with Crippen LogP contribution in [0, 0.1) is 34.4 Å². The fraction of sp³-hybridized carbons (Fsp3) is 0.167. The maximum absolute atomic E-state index is 14.4. The van der Waals surface area contributed by atoms with Crippen molar-refractivity contribution in [2.24, 2.45) is 5.92 Å². The lowest BCUT2D eigenvalue weighted by Gasteiger charge is -2.24. The van der Waals surface area contributed by atoms with Crippen LogP contribution < -0.4 is 22.3 Å². The van der Waals surface area contributed by atoms with Gasteiger partial charge in [0.05, 0.1) is 22.6 Å². The number of halogens is 1. The Morgan fingerprint density at radius 2 is 1.74 bits per heavy atom. The fourth-order valence-corrected chi connectivity index (χ4v) is 4.09. The minimum Gasteiger partial charge on any atom is -0.382 e. The Morgan fingerprint density at radius 3 is 2.40 bits per heavy atom. The second-order valence-corrected chi connectivity index (χ2v) is 8.14. The fourth-order valence-electron chi connectivity index (χ4n) is 4.09. The highest BCUT2D eigenvalue weighted by Crippen LogP contribution is 2.43. The van der Waals surface area contributed by atoms with E-state index in [1.165, 1.54) is 10.6 Å². The summed E-state index contributed by atoms with van der Waals surface area (Å²) in [4.78, 5) is 26.5. The van der Waals surface area contributed by atoms with Gasteiger partial charge in [-0.1, -0.05) is 18.2 Å². The number of hydrogen-bond acceptors (Lipinski definition) is 9. The highest BCUT2D eigenvalue weighted by atomic mass is 19.1. The lowest BCUT2D eigenvalue weighted by Crippen LogP contribution is -2.30. The van der Waals surface area contributed by atoms with Gasteiger partial charge < -0.3 is 16.8 Å². The van der Waals surface area contributed by atoms with E-state index in [4.69, 9.17) is 16.5 Å². The van der Waals surface area contributed by atoms with E-state index < -0.39 is 17.4 Å². The van der Waals surface area contributed by atoms with Crippen LogP contribution in [0.4, 0.5) is 22.0 Å². The standard InChI is InChI=1S/C24H18FN9O/c25-16-8-9-17-18(14(16)10-26)23(35)34(13-4-2-1-3-5-13)22(30-17)19(12-6-7-12)31-21-15(11-27)20(28)32-24(29)33-21/h1-5,8-9,12,19H,6-7H2,(H5,28,29,31,32,33)/t19-/m0/s1. The summed E-state index contributed by atoms with van der Waals surface area (Å²) in [5.41, 5.74) is 11.4. The van der Waals surface area contributed by atoms with Gasteiger partial charge >= 0.3 is 0 Å². The lowest BCUT2D eigenvalue weighted by molar-refractivity contribution is 0.606. The van der Waals surface area contributed by atoms with Crippen LogP contribution in [-0.2, 0) is 0 Å². The number of hydrogen-bond donors (Lipinski definition) is 3. The lowest BCUT2D eigenvalue weighted by atomic mass is 10.1. The highest BCUT2D eigenvalue weighted by molar-refractivity contribution is 5.84. The van der Waals surface area contributed by atoms with Gasteiger partial charge in [0.25, 0.3) is 5.56 Å². The summed E-state index contributed by atoms with van der Waals surface area (Å²) in [6, 6.07) is 14.4. The molecule has 0 bridgehead atoms. The van der Waals surface area contributed by atoms with Crippen LogP contribution in [0.15, 0.2) is 47.3 Å². The van der Waals surface area contributed by atoms with Crippen LogP contribution in [0.25, 0.3) is 16.6 Å². The van der Waals surface area contributed by atoms with Gasteiger partial charge in [-0.15, -0.1) is 0 Å². The first-order chi connectivity index (χ1) is 16.9. The molecule has 1 aliphatic rings. The third-order valence-electron chi connectivity index (χ3n) is 5.87. The second kappa shape index (κ2) is 8.39. The van der Waals surface area contributed by atoms with Gasteiger partial charge in [0, 0.05) is 0 Å². The first-order valence-electron chi connectivity index (χ1n) is 10.7. The minimum absolute atomic E-state index is 0.0214. The quantitative estimate of drug-likeness (QED) is 0.399. The van der Waals surface area contributed by atoms with Gasteiger partial charge in [-0.25, -0.2) is 9.37 Å². The summed E-state index contributed by atoms with van der Waals surface area (Å²) in [5, 5.41) is 22.2. The largest absolute Gasteiger partial charge is 0.382 e. The van der Waals surface area contributed by atoms with Gasteiger partial charge in [0.1, 0.15) is 40.7 Å². The number of nitrogens with one attached hydrogen (secondary N) is 1. The van der Waals surface area contributed by atoms with Gasteiger partial charge in [0.15, 0.2) is 5.82 Å². The number of nitrogens with zero attached hydrogens (tertiary/aromatic N) is 6. The van der Waals surface area contributed by atoms with Gasteiger partial charge in [0.2, 0.25) is 5.95 Å². The van der Waals surface area contributed by atoms with Crippen molar-refractivity contribution in [2.75, 3.05) is 16.8 Å². The van der Waals surface area contributed by atoms with E-state index in [2.05, 4.69) is 15.3 Å². The van der Waals surface area contributed by atoms with E-state index in [9.17, 15) is 19.7 Å². The summed E-state index contributed by atoms with van der Waals surface area (Å²) in [6.07, 6.45) is 1.68. The van der Waals surface area contributed by atoms with Crippen molar-refractivity contribution in [1.82, 2.24) is 19.5 Å². The number of nitrogens with two attached hydrogens (primary N) is 2. The molecule has 2 aromatic heterocycles. The zero-order valence-electron chi connectivity index (χ0n) is 18.2. The van der Waals surface area contributed by atoms with Crippen LogP contribution in [0.5, 0.6) is 0 Å². The SMILES string of the molecule is N#Cc1c(N)nc(N)nc1N[C@H](c1nc2ccc(F)c(C#N)c2c(=O)n1-c1ccccc1)C1CC1. The summed E-state index contributed by atoms with van der Waals surface area (Å²) in [6.45, 7) is 0. The Kier molecular flexibility index (Phi) is 5.23. The predicted octanol–water partition coefficient (Wildman–Crippen LogP) is 2.79. The van der Waals surface area contributed by atoms with Crippen LogP contribution in [-0.4, -0.2) is 19.5 Å². The van der Waals surface area contributed by atoms with Crippen LogP contribution >= 0.6 is 0 Å². The van der Waals surface area contributed by atoms with Gasteiger partial charge in [-0.2, -0.15) is 20.5 Å². The smallest absolute Gasteiger partial charge is 0.267 e. The molecule has 0 saturated heterocycles. The van der Waals surface area contributed by atoms with Gasteiger partial charge in [-0.05, 0) is 43.0 Å². The van der Waals surface area contributed by atoms with E-state index in [0.29, 0.717) is 11.5 Å². The molecule has 172 valence electrons. The molecule has 0 spiro atoms. The van der Waals surface area contributed by atoms with E-state index in [0.717, 1.165) is 18.9 Å². The number of rotatable bonds is 5. The number of para-hydroxylation sites is 1. The number of anilines is 3. The number of benzene rings is 2. The molecule has 5 N–H and O–H groups in total. The molecule has 0 radical (unpaired) electrons. The molecule has 4 aromatic rings. The molecule has 10 nitrogen and oxygen atoms in total. The molecule has 0 unspecified atom stereocenters. The zero-order chi connectivity index (χ0) is 24.7. The molecule has 35 heavy (non-hydrogen) atoms. The van der Waals surface area contributed by atoms with E-state index in [1.807, 2.05) is 6.07 Å². The molecule has 2 aromatic carbocycles. The van der Waals surface area contributed by atoms with Gasteiger partial charge in [-0.3, -0.25) is 9.36 Å². The summed E-state index contributed by atoms with van der Waals surface area (Å²) >= 11 is 0. The number of nitriles is 2. The maximum Gasteiger partial charge on any atom is 0.267 e. The molecule has 0 amide bonds. The first kappa shape index (κ1) is 21.8. The predicted molar refractivity (Wildman–Crippen MR) is 127 cm³/mol. The maximum atomic E-state index is 14.4. The van der Waals surface area contributed by atoms with Crippen LogP contribution in [0.2, 0.25) is 0 Å². The van der Waals surface area contributed by atoms with E-state index in [1.54, 1.807) is 36.4 Å². The highest BCUT2D eigenvalue weighted by Gasteiger charge is 2.37. The van der Waals surface area contributed by atoms with Crippen molar-refractivity contribution in [2.45, 2.75) is 18.9 Å². The van der Waals surface area contributed by atoms with Crippen molar-refractivity contribution in [3.05, 3.63) is 75.6 Å². The minimum atomic E-state index is -0.797. The first-order valence-corrected chi connectivity index (χ1v) is 10.7. The van der Waals surface area contributed by atoms with Crippen molar-refractivity contribution in [3.8, 4) is 17.8 Å². The molecular weight excluding hydrogens is 449 g/mol. The third-order valence-corrected chi connectivity index (χ3v) is 5.87. The van der Waals surface area contributed by atoms with Crippen molar-refractivity contribution < 1.29 is 4.39 Å². The summed E-state index contributed by atoms with van der Waals surface area (Å²) < 4.78 is 15.8. The van der Waals surface area contributed by atoms with Crippen molar-refractivity contribution in [1.29, 1.82) is 10.5 Å². The molecular formula is C24H18FN9O. The molecule has 1 aliphatic carbocycles. The molecule has 1 atom stereocenters. The number of aromatic nitrogens is 4. The average molecular weight is 467 g/mol. The molecule has 11 heteroatoms. The zero-order valence-corrected chi connectivity index (χ0v) is 18.2. The van der Waals surface area contributed by atoms with Crippen LogP contribution in [0.3, 0.4) is 0 Å². The molecule has 0 aliphatic heterocycles. The summed E-state index contributed by atoms with van der Waals surface area (Å²) in [7, 11) is 0. The average Bonchev–Trinajstić information content (AvgIpc) is 3.68. The van der Waals surface area contributed by atoms with Crippen molar-refractivity contribution >= 4 is 28.5 Å². The Labute approximate surface area is 198 Å². The number of nitrogen functional groups attached to an aromatic ring is 2. The van der Waals surface area contributed by atoms with E-state index >= 15 is 0 Å². The monoisotopic (exact) mass is 467 g/mol. The Balaban J connectivity index is 1.80. The van der Waals surface area contributed by atoms with E-state index in [-0.39, 0.29) is 45.5 Å². The van der Waals surface area contributed by atoms with Crippen LogP contribution in [0.1, 0.15) is 35.8 Å². The Morgan fingerprint density at radius 1 is 1.03 bits per heavy atom. The number of fused-ring (bicyclic) bond motifs is 1. The molecule has 2 heterocycles. The molecule has 5 rings (SSSR count). The second-order valence-electron chi connectivity index (χ2n) is 8.14. The third kappa shape index (κ3) is 3.75. The molecule has 1 saturated carbocycles. The normalized spacial score (nSPS) is 13.7. The summed E-state index contributed by atoms with van der Waals surface area (Å²) in [5.74, 6) is -0.466. The van der Waals surface area contributed by atoms with Crippen molar-refractivity contribution in [3.63, 3.8) is 0 Å². The molecule has 1 fully saturated rings. The Bertz CT molecular complexity index is 1620. The Hall–Kier alpha value is -5.03.